The Morgan fingerprint density at radius 3 is 1.33 bits per heavy atom. The Morgan fingerprint density at radius 2 is 1.06 bits per heavy atom. The quantitative estimate of drug-likeness (QED) is 0.321. The van der Waals surface area contributed by atoms with Crippen LogP contribution in [0.15, 0.2) is 24.3 Å². The van der Waals surface area contributed by atoms with Gasteiger partial charge in [-0.3, -0.25) is 20.6 Å². The predicted molar refractivity (Wildman–Crippen MR) is 62.2 cm³/mol. The zero-order valence-corrected chi connectivity index (χ0v) is 18.0. The van der Waals surface area contributed by atoms with Gasteiger partial charge in [-0.1, -0.05) is 24.3 Å². The Labute approximate surface area is 142 Å². The average Bonchev–Trinajstić information content (AvgIpc) is 3.03. The Hall–Kier alpha value is -0.796. The molecule has 10 heteroatoms. The number of tetrazole rings is 2. The fraction of sp³-hybridized carbons (Fsp3) is 0. The van der Waals surface area contributed by atoms with Crippen LogP contribution < -0.4 is 10.2 Å². The van der Waals surface area contributed by atoms with E-state index in [-0.39, 0.29) is 54.6 Å². The third-order valence-electron chi connectivity index (χ3n) is 2.04. The maximum atomic E-state index is 3.75. The summed E-state index contributed by atoms with van der Waals surface area (Å²) in [4.78, 5) is 0. The molecule has 18 heavy (non-hydrogen) atoms. The van der Waals surface area contributed by atoms with Crippen molar-refractivity contribution in [3.8, 4) is 22.8 Å². The molecule has 0 aliphatic carbocycles. The number of hydrogen-bond donors (Lipinski definition) is 0. The van der Waals surface area contributed by atoms with E-state index >= 15 is 0 Å². The first-order valence-corrected chi connectivity index (χ1v) is 4.42. The van der Waals surface area contributed by atoms with Crippen LogP contribution >= 0.6 is 0 Å². The monoisotopic (exact) mass is 622 g/mol. The summed E-state index contributed by atoms with van der Waals surface area (Å²) in [6, 6.07) is 7.35. The maximum Gasteiger partial charge on any atom is 1.00 e. The molecule has 0 fully saturated rings. The molecule has 3 rings (SSSR count). The van der Waals surface area contributed by atoms with Crippen molar-refractivity contribution in [1.82, 2.24) is 41.2 Å². The molecule has 0 saturated carbocycles. The molecular weight excluding hydrogens is 617 g/mol. The zero-order chi connectivity index (χ0) is 10.8. The van der Waals surface area contributed by atoms with E-state index in [1.807, 2.05) is 24.3 Å². The predicted octanol–water partition coefficient (Wildman–Crippen LogP) is -1.46. The molecule has 0 aliphatic rings. The van der Waals surface area contributed by atoms with Gasteiger partial charge in [-0.05, 0) is 11.1 Å². The molecule has 0 spiro atoms. The van der Waals surface area contributed by atoms with Crippen LogP contribution in [0.25, 0.3) is 22.8 Å². The minimum absolute atomic E-state index is 0. The molecule has 0 aliphatic heterocycles. The summed E-state index contributed by atoms with van der Waals surface area (Å²) in [6.07, 6.45) is 0. The van der Waals surface area contributed by atoms with E-state index in [4.69, 9.17) is 0 Å². The summed E-state index contributed by atoms with van der Waals surface area (Å²) < 4.78 is 0. The molecule has 8 nitrogen and oxygen atoms in total. The van der Waals surface area contributed by atoms with Crippen LogP contribution in [0.1, 0.15) is 0 Å². The van der Waals surface area contributed by atoms with Gasteiger partial charge in [-0.15, -0.1) is 0 Å². The molecule has 0 amide bonds. The fourth-order valence-electron chi connectivity index (χ4n) is 1.29. The van der Waals surface area contributed by atoms with Crippen molar-refractivity contribution < 1.29 is 0 Å². The second kappa shape index (κ2) is 6.96. The largest absolute Gasteiger partial charge is 1.00 e. The third kappa shape index (κ3) is 3.15. The van der Waals surface area contributed by atoms with E-state index in [2.05, 4.69) is 41.2 Å². The topological polar surface area (TPSA) is 106 Å². The Morgan fingerprint density at radius 1 is 0.667 bits per heavy atom. The summed E-state index contributed by atoms with van der Waals surface area (Å²) >= 11 is 0. The van der Waals surface area contributed by atoms with Gasteiger partial charge in [-0.25, -0.2) is 0 Å². The molecule has 0 unspecified atom stereocenters. The van der Waals surface area contributed by atoms with Crippen molar-refractivity contribution in [2.45, 2.75) is 0 Å². The number of nitrogens with zero attached hydrogens (tertiary/aromatic N) is 8. The van der Waals surface area contributed by atoms with Gasteiger partial charge in [0.2, 0.25) is 0 Å². The summed E-state index contributed by atoms with van der Waals surface area (Å²) in [5, 5.41) is 28.7. The summed E-state index contributed by atoms with van der Waals surface area (Å²) in [7, 11) is 0. The van der Waals surface area contributed by atoms with E-state index in [1.165, 1.54) is 0 Å². The second-order valence-corrected chi connectivity index (χ2v) is 2.98. The zero-order valence-electron chi connectivity index (χ0n) is 9.04. The smallest absolute Gasteiger partial charge is 0.330 e. The van der Waals surface area contributed by atoms with Crippen molar-refractivity contribution in [2.75, 3.05) is 0 Å². The van der Waals surface area contributed by atoms with Crippen LogP contribution in [0.4, 0.5) is 0 Å². The molecule has 1 aromatic carbocycles. The van der Waals surface area contributed by atoms with E-state index in [0.717, 1.165) is 11.1 Å². The molecule has 2 heterocycles. The maximum absolute atomic E-state index is 3.75. The van der Waals surface area contributed by atoms with E-state index in [9.17, 15) is 0 Å². The number of hydrogen-bond acceptors (Lipinski definition) is 6. The minimum Gasteiger partial charge on any atom is -0.330 e. The summed E-state index contributed by atoms with van der Waals surface area (Å²) in [6.45, 7) is 0. The first-order chi connectivity index (χ1) is 7.93. The molecule has 82 valence electrons. The number of aromatic nitrogens is 8. The van der Waals surface area contributed by atoms with Gasteiger partial charge in [0.1, 0.15) is 0 Å². The van der Waals surface area contributed by atoms with Crippen molar-refractivity contribution in [1.29, 1.82) is 0 Å². The molecule has 0 saturated heterocycles. The van der Waals surface area contributed by atoms with Crippen LogP contribution in [0.2, 0.25) is 0 Å². The summed E-state index contributed by atoms with van der Waals surface area (Å²) in [5.41, 5.74) is 1.67. The molecule has 0 radical (unpaired) electrons. The van der Waals surface area contributed by atoms with Crippen molar-refractivity contribution in [3.05, 3.63) is 24.3 Å². The van der Waals surface area contributed by atoms with E-state index in [1.54, 1.807) is 0 Å². The normalized spacial score (nSPS) is 9.33. The van der Waals surface area contributed by atoms with Crippen LogP contribution in [-0.4, -0.2) is 85.6 Å². The molecule has 0 N–H and O–H groups in total. The van der Waals surface area contributed by atoms with Gasteiger partial charge < -0.3 is 10.2 Å². The van der Waals surface area contributed by atoms with Crippen LogP contribution in [-0.2, 0) is 0 Å². The van der Waals surface area contributed by atoms with Crippen molar-refractivity contribution >= 4 is 54.6 Å². The Bertz CT molecular complexity index is 508. The molecular formula is C8H4N8Tl2. The Kier molecular flexibility index (Phi) is 5.90. The van der Waals surface area contributed by atoms with Gasteiger partial charge in [-0.2, -0.15) is 10.4 Å². The fourth-order valence-corrected chi connectivity index (χ4v) is 1.29. The van der Waals surface area contributed by atoms with Gasteiger partial charge >= 0.3 is 54.6 Å². The molecule has 2 aromatic heterocycles. The first-order valence-electron chi connectivity index (χ1n) is 4.42. The summed E-state index contributed by atoms with van der Waals surface area (Å²) in [5.74, 6) is 0.984. The van der Waals surface area contributed by atoms with Crippen LogP contribution in [0.5, 0.6) is 0 Å². The standard InChI is InChI=1S/C8H4N8.2Tl/c1-2-6(8-11-15-16-12-8)4-3-5(1)7-9-13-14-10-7;;/h1-4H;;/q-2;2*+1. The van der Waals surface area contributed by atoms with Crippen LogP contribution in [0, 0.1) is 0 Å². The van der Waals surface area contributed by atoms with Gasteiger partial charge in [0.25, 0.3) is 0 Å². The van der Waals surface area contributed by atoms with E-state index in [0.29, 0.717) is 11.6 Å². The van der Waals surface area contributed by atoms with Crippen molar-refractivity contribution in [3.63, 3.8) is 0 Å². The third-order valence-corrected chi connectivity index (χ3v) is 2.04. The molecule has 3 aromatic rings. The average molecular weight is 621 g/mol. The Balaban J connectivity index is 0.000000810. The number of benzene rings is 1. The van der Waals surface area contributed by atoms with Crippen LogP contribution in [0.3, 0.4) is 0 Å². The van der Waals surface area contributed by atoms with Gasteiger partial charge in [0.05, 0.1) is 0 Å². The SMILES string of the molecule is [Tl+].[Tl+].c1cc(-c2nnn[n-]2)ccc1-c1nnn[n-]1. The molecule has 0 bridgehead atoms. The van der Waals surface area contributed by atoms with Gasteiger partial charge in [0.15, 0.2) is 0 Å². The van der Waals surface area contributed by atoms with E-state index < -0.39 is 0 Å². The second-order valence-electron chi connectivity index (χ2n) is 2.98. The van der Waals surface area contributed by atoms with Crippen molar-refractivity contribution in [2.24, 2.45) is 0 Å². The minimum atomic E-state index is 0. The first kappa shape index (κ1) is 15.3. The molecule has 0 atom stereocenters. The number of rotatable bonds is 2. The van der Waals surface area contributed by atoms with Gasteiger partial charge in [0, 0.05) is 11.6 Å².